The topological polar surface area (TPSA) is 55.5 Å². The van der Waals surface area contributed by atoms with Crippen LogP contribution in [0.4, 0.5) is 0 Å². The molecule has 0 aliphatic carbocycles. The molecular weight excluding hydrogens is 346 g/mol. The Morgan fingerprint density at radius 2 is 1.95 bits per heavy atom. The minimum atomic E-state index is 0.162. The predicted molar refractivity (Wildman–Crippen MR) is 87.9 cm³/mol. The molecule has 0 amide bonds. The van der Waals surface area contributed by atoms with Gasteiger partial charge in [-0.2, -0.15) is 0 Å². The molecule has 3 aromatic rings. The third kappa shape index (κ3) is 2.99. The first-order valence-electron chi connectivity index (χ1n) is 6.85. The second kappa shape index (κ2) is 6.23. The quantitative estimate of drug-likeness (QED) is 0.721. The van der Waals surface area contributed by atoms with Crippen molar-refractivity contribution in [3.63, 3.8) is 0 Å². The summed E-state index contributed by atoms with van der Waals surface area (Å²) >= 11 is 3.38. The van der Waals surface area contributed by atoms with Crippen molar-refractivity contribution in [3.05, 3.63) is 53.2 Å². The second-order valence-corrected chi connectivity index (χ2v) is 5.57. The maximum Gasteiger partial charge on any atom is 0.226 e. The number of phenols is 1. The van der Waals surface area contributed by atoms with Gasteiger partial charge >= 0.3 is 0 Å². The van der Waals surface area contributed by atoms with Gasteiger partial charge in [0.1, 0.15) is 23.5 Å². The number of phenolic OH excluding ortho intramolecular Hbond substituents is 1. The van der Waals surface area contributed by atoms with Crippen molar-refractivity contribution in [2.45, 2.75) is 6.92 Å². The first kappa shape index (κ1) is 14.7. The Labute approximate surface area is 136 Å². The Morgan fingerprint density at radius 1 is 1.18 bits per heavy atom. The minimum absolute atomic E-state index is 0.162. The summed E-state index contributed by atoms with van der Waals surface area (Å²) in [6.07, 6.45) is 1.54. The minimum Gasteiger partial charge on any atom is -0.507 e. The first-order chi connectivity index (χ1) is 10.7. The van der Waals surface area contributed by atoms with Crippen molar-refractivity contribution in [1.82, 2.24) is 4.98 Å². The Hall–Kier alpha value is -2.27. The third-order valence-electron chi connectivity index (χ3n) is 3.15. The van der Waals surface area contributed by atoms with Gasteiger partial charge in [0.2, 0.25) is 5.89 Å². The zero-order chi connectivity index (χ0) is 15.5. The number of halogens is 1. The maximum absolute atomic E-state index is 9.94. The highest BCUT2D eigenvalue weighted by atomic mass is 79.9. The molecule has 2 aromatic carbocycles. The van der Waals surface area contributed by atoms with E-state index in [0.29, 0.717) is 23.8 Å². The Kier molecular flexibility index (Phi) is 4.15. The molecule has 0 spiro atoms. The van der Waals surface area contributed by atoms with Gasteiger partial charge in [0.15, 0.2) is 0 Å². The summed E-state index contributed by atoms with van der Waals surface area (Å²) in [5, 5.41) is 9.94. The first-order valence-corrected chi connectivity index (χ1v) is 7.64. The summed E-state index contributed by atoms with van der Waals surface area (Å²) in [7, 11) is 0. The van der Waals surface area contributed by atoms with Gasteiger partial charge in [-0.15, -0.1) is 0 Å². The monoisotopic (exact) mass is 359 g/mol. The van der Waals surface area contributed by atoms with Crippen LogP contribution in [0.1, 0.15) is 6.92 Å². The van der Waals surface area contributed by atoms with E-state index < -0.39 is 0 Å². The van der Waals surface area contributed by atoms with Gasteiger partial charge in [0, 0.05) is 15.6 Å². The van der Waals surface area contributed by atoms with Gasteiger partial charge in [0.25, 0.3) is 0 Å². The van der Waals surface area contributed by atoms with Crippen molar-refractivity contribution >= 4 is 15.9 Å². The number of nitrogens with zero attached hydrogens (tertiary/aromatic N) is 1. The highest BCUT2D eigenvalue weighted by Gasteiger charge is 2.12. The molecule has 1 heterocycles. The van der Waals surface area contributed by atoms with Crippen LogP contribution in [0.5, 0.6) is 11.5 Å². The van der Waals surface area contributed by atoms with E-state index in [0.717, 1.165) is 15.8 Å². The van der Waals surface area contributed by atoms with Gasteiger partial charge in [0.05, 0.1) is 6.61 Å². The lowest BCUT2D eigenvalue weighted by Gasteiger charge is -2.02. The maximum atomic E-state index is 9.94. The molecule has 22 heavy (non-hydrogen) atoms. The molecule has 1 aromatic heterocycles. The molecule has 5 heteroatoms. The van der Waals surface area contributed by atoms with Crippen LogP contribution in [0, 0.1) is 0 Å². The van der Waals surface area contributed by atoms with Crippen LogP contribution in [0.3, 0.4) is 0 Å². The van der Waals surface area contributed by atoms with E-state index in [1.54, 1.807) is 18.2 Å². The van der Waals surface area contributed by atoms with Crippen molar-refractivity contribution in [3.8, 4) is 34.2 Å². The van der Waals surface area contributed by atoms with Gasteiger partial charge in [-0.3, -0.25) is 0 Å². The lowest BCUT2D eigenvalue weighted by atomic mass is 10.1. The van der Waals surface area contributed by atoms with Crippen LogP contribution in [-0.2, 0) is 0 Å². The molecule has 112 valence electrons. The summed E-state index contributed by atoms with van der Waals surface area (Å²) in [6.45, 7) is 2.57. The SMILES string of the molecule is CCOc1ccc(-c2nc(-c3cc(Br)ccc3O)co2)cc1. The van der Waals surface area contributed by atoms with E-state index in [1.807, 2.05) is 31.2 Å². The van der Waals surface area contributed by atoms with Crippen molar-refractivity contribution < 1.29 is 14.3 Å². The highest BCUT2D eigenvalue weighted by molar-refractivity contribution is 9.10. The smallest absolute Gasteiger partial charge is 0.226 e. The molecular formula is C17H14BrNO3. The number of hydrogen-bond donors (Lipinski definition) is 1. The van der Waals surface area contributed by atoms with Crippen molar-refractivity contribution in [1.29, 1.82) is 0 Å². The Balaban J connectivity index is 1.91. The number of ether oxygens (including phenoxy) is 1. The molecule has 0 aliphatic rings. The lowest BCUT2D eigenvalue weighted by Crippen LogP contribution is -1.90. The zero-order valence-electron chi connectivity index (χ0n) is 11.9. The Bertz CT molecular complexity index is 781. The summed E-state index contributed by atoms with van der Waals surface area (Å²) in [4.78, 5) is 4.44. The number of aromatic nitrogens is 1. The highest BCUT2D eigenvalue weighted by Crippen LogP contribution is 2.33. The summed E-state index contributed by atoms with van der Waals surface area (Å²) in [6, 6.07) is 12.7. The van der Waals surface area contributed by atoms with Gasteiger partial charge in [-0.05, 0) is 49.4 Å². The van der Waals surface area contributed by atoms with Crippen molar-refractivity contribution in [2.24, 2.45) is 0 Å². The van der Waals surface area contributed by atoms with E-state index in [1.165, 1.54) is 6.26 Å². The summed E-state index contributed by atoms with van der Waals surface area (Å²) in [5.41, 5.74) is 2.06. The molecule has 0 atom stereocenters. The van der Waals surface area contributed by atoms with Crippen LogP contribution >= 0.6 is 15.9 Å². The Morgan fingerprint density at radius 3 is 2.68 bits per heavy atom. The molecule has 0 saturated carbocycles. The summed E-state index contributed by atoms with van der Waals surface area (Å²) in [5.74, 6) is 1.47. The molecule has 4 nitrogen and oxygen atoms in total. The molecule has 1 N–H and O–H groups in total. The van der Waals surface area contributed by atoms with Gasteiger partial charge in [-0.25, -0.2) is 4.98 Å². The number of benzene rings is 2. The van der Waals surface area contributed by atoms with E-state index in [9.17, 15) is 5.11 Å². The zero-order valence-corrected chi connectivity index (χ0v) is 13.5. The fourth-order valence-corrected chi connectivity index (χ4v) is 2.46. The van der Waals surface area contributed by atoms with Crippen LogP contribution < -0.4 is 4.74 Å². The number of hydrogen-bond acceptors (Lipinski definition) is 4. The average Bonchev–Trinajstić information content (AvgIpc) is 3.00. The molecule has 3 rings (SSSR count). The number of oxazole rings is 1. The van der Waals surface area contributed by atoms with Crippen molar-refractivity contribution in [2.75, 3.05) is 6.61 Å². The van der Waals surface area contributed by atoms with Crippen LogP contribution in [0.2, 0.25) is 0 Å². The fraction of sp³-hybridized carbons (Fsp3) is 0.118. The van der Waals surface area contributed by atoms with E-state index in [-0.39, 0.29) is 5.75 Å². The normalized spacial score (nSPS) is 10.6. The molecule has 0 saturated heterocycles. The van der Waals surface area contributed by atoms with Crippen LogP contribution in [-0.4, -0.2) is 16.7 Å². The molecule has 0 unspecified atom stereocenters. The molecule has 0 bridgehead atoms. The predicted octanol–water partition coefficient (Wildman–Crippen LogP) is 4.88. The van der Waals surface area contributed by atoms with E-state index >= 15 is 0 Å². The van der Waals surface area contributed by atoms with Gasteiger partial charge < -0.3 is 14.3 Å². The van der Waals surface area contributed by atoms with E-state index in [2.05, 4.69) is 20.9 Å². The molecule has 0 fully saturated rings. The fourth-order valence-electron chi connectivity index (χ4n) is 2.10. The third-order valence-corrected chi connectivity index (χ3v) is 3.64. The summed E-state index contributed by atoms with van der Waals surface area (Å²) < 4.78 is 11.8. The second-order valence-electron chi connectivity index (χ2n) is 4.66. The van der Waals surface area contributed by atoms with Crippen LogP contribution in [0.25, 0.3) is 22.7 Å². The average molecular weight is 360 g/mol. The number of rotatable bonds is 4. The largest absolute Gasteiger partial charge is 0.507 e. The standard InChI is InChI=1S/C17H14BrNO3/c1-2-21-13-6-3-11(4-7-13)17-19-15(10-22-17)14-9-12(18)5-8-16(14)20/h3-10,20H,2H2,1H3. The number of aromatic hydroxyl groups is 1. The molecule has 0 aliphatic heterocycles. The lowest BCUT2D eigenvalue weighted by molar-refractivity contribution is 0.340. The van der Waals surface area contributed by atoms with Crippen LogP contribution in [0.15, 0.2) is 57.6 Å². The molecule has 0 radical (unpaired) electrons. The van der Waals surface area contributed by atoms with E-state index in [4.69, 9.17) is 9.15 Å². The van der Waals surface area contributed by atoms with Gasteiger partial charge in [-0.1, -0.05) is 15.9 Å².